The van der Waals surface area contributed by atoms with E-state index in [1.807, 2.05) is 0 Å². The van der Waals surface area contributed by atoms with Crippen LogP contribution in [0.3, 0.4) is 0 Å². The average molecular weight is 469 g/mol. The van der Waals surface area contributed by atoms with Gasteiger partial charge in [-0.2, -0.15) is 18.3 Å². The van der Waals surface area contributed by atoms with E-state index in [1.54, 1.807) is 12.1 Å². The van der Waals surface area contributed by atoms with E-state index >= 15 is 0 Å². The maximum atomic E-state index is 13.1. The molecule has 0 unspecified atom stereocenters. The number of carbonyl (C=O) groups is 2. The molecule has 1 N–H and O–H groups in total. The van der Waals surface area contributed by atoms with E-state index in [2.05, 4.69) is 10.4 Å². The fraction of sp³-hybridized carbons (Fsp3) is 0.200. The van der Waals surface area contributed by atoms with Gasteiger partial charge in [0.25, 0.3) is 11.5 Å². The van der Waals surface area contributed by atoms with Crippen LogP contribution in [0.2, 0.25) is 5.02 Å². The fourth-order valence-electron chi connectivity index (χ4n) is 2.76. The lowest BCUT2D eigenvalue weighted by Gasteiger charge is -2.21. The van der Waals surface area contributed by atoms with Crippen molar-refractivity contribution in [2.75, 3.05) is 11.9 Å². The molecule has 2 aromatic heterocycles. The van der Waals surface area contributed by atoms with Gasteiger partial charge in [0.1, 0.15) is 18.0 Å². The van der Waals surface area contributed by atoms with Gasteiger partial charge in [-0.25, -0.2) is 4.68 Å². The first-order valence-electron chi connectivity index (χ1n) is 9.07. The Bertz CT molecular complexity index is 1190. The van der Waals surface area contributed by atoms with Crippen LogP contribution in [-0.2, 0) is 24.6 Å². The van der Waals surface area contributed by atoms with Crippen LogP contribution in [0, 0.1) is 0 Å². The molecular formula is C20H16ClF3N4O4. The van der Waals surface area contributed by atoms with Crippen LogP contribution >= 0.6 is 11.6 Å². The lowest BCUT2D eigenvalue weighted by molar-refractivity contribution is -0.137. The van der Waals surface area contributed by atoms with Crippen molar-refractivity contribution in [3.05, 3.63) is 81.1 Å². The van der Waals surface area contributed by atoms with Crippen LogP contribution in [0.5, 0.6) is 0 Å². The number of halogens is 4. The van der Waals surface area contributed by atoms with E-state index in [1.165, 1.54) is 25.4 Å². The van der Waals surface area contributed by atoms with Gasteiger partial charge < -0.3 is 14.6 Å². The number of amides is 2. The standard InChI is InChI=1S/C20H16ClF3N4O4/c1-27-18(30)7-6-16(26-27)19(31)28(10-13-3-2-8-32-13)11-17(29)25-12-4-5-15(21)14(9-12)20(22,23)24/h2-9H,10-11H2,1H3,(H,25,29). The monoisotopic (exact) mass is 468 g/mol. The fourth-order valence-corrected chi connectivity index (χ4v) is 2.99. The molecule has 0 radical (unpaired) electrons. The maximum Gasteiger partial charge on any atom is 0.417 e. The Morgan fingerprint density at radius 3 is 2.59 bits per heavy atom. The average Bonchev–Trinajstić information content (AvgIpc) is 3.23. The van der Waals surface area contributed by atoms with E-state index in [9.17, 15) is 27.6 Å². The van der Waals surface area contributed by atoms with E-state index in [-0.39, 0.29) is 17.9 Å². The number of nitrogens with one attached hydrogen (secondary N) is 1. The number of rotatable bonds is 6. The van der Waals surface area contributed by atoms with Gasteiger partial charge in [0.15, 0.2) is 0 Å². The Balaban J connectivity index is 1.81. The summed E-state index contributed by atoms with van der Waals surface area (Å²) in [4.78, 5) is 38.1. The minimum atomic E-state index is -4.70. The lowest BCUT2D eigenvalue weighted by atomic mass is 10.2. The van der Waals surface area contributed by atoms with Crippen LogP contribution in [0.25, 0.3) is 0 Å². The second-order valence-electron chi connectivity index (χ2n) is 6.66. The number of furan rings is 1. The largest absolute Gasteiger partial charge is 0.467 e. The Hall–Kier alpha value is -3.60. The van der Waals surface area contributed by atoms with Crippen LogP contribution in [-0.4, -0.2) is 33.0 Å². The lowest BCUT2D eigenvalue weighted by Crippen LogP contribution is -2.38. The number of anilines is 1. The number of aromatic nitrogens is 2. The number of carbonyl (C=O) groups excluding carboxylic acids is 2. The summed E-state index contributed by atoms with van der Waals surface area (Å²) < 4.78 is 45.3. The molecule has 1 aromatic carbocycles. The summed E-state index contributed by atoms with van der Waals surface area (Å²) in [5.41, 5.74) is -1.77. The minimum absolute atomic E-state index is 0.0997. The molecule has 3 aromatic rings. The summed E-state index contributed by atoms with van der Waals surface area (Å²) in [6, 6.07) is 8.47. The molecule has 168 valence electrons. The van der Waals surface area contributed by atoms with Crippen molar-refractivity contribution in [3.63, 3.8) is 0 Å². The zero-order valence-electron chi connectivity index (χ0n) is 16.5. The normalized spacial score (nSPS) is 11.3. The van der Waals surface area contributed by atoms with Crippen molar-refractivity contribution < 1.29 is 27.2 Å². The van der Waals surface area contributed by atoms with Crippen LogP contribution < -0.4 is 10.9 Å². The highest BCUT2D eigenvalue weighted by atomic mass is 35.5. The molecule has 32 heavy (non-hydrogen) atoms. The molecule has 2 heterocycles. The van der Waals surface area contributed by atoms with Gasteiger partial charge in [-0.05, 0) is 36.4 Å². The first-order chi connectivity index (χ1) is 15.0. The van der Waals surface area contributed by atoms with Gasteiger partial charge in [0.05, 0.1) is 23.4 Å². The predicted octanol–water partition coefficient (Wildman–Crippen LogP) is 3.33. The smallest absolute Gasteiger partial charge is 0.417 e. The van der Waals surface area contributed by atoms with Crippen LogP contribution in [0.1, 0.15) is 21.8 Å². The molecular weight excluding hydrogens is 453 g/mol. The third-order valence-electron chi connectivity index (χ3n) is 4.28. The summed E-state index contributed by atoms with van der Waals surface area (Å²) in [7, 11) is 1.36. The summed E-state index contributed by atoms with van der Waals surface area (Å²) in [5.74, 6) is -1.08. The molecule has 0 fully saturated rings. The summed E-state index contributed by atoms with van der Waals surface area (Å²) in [6.07, 6.45) is -3.32. The second kappa shape index (κ2) is 9.27. The Kier molecular flexibility index (Phi) is 6.68. The number of hydrogen-bond donors (Lipinski definition) is 1. The summed E-state index contributed by atoms with van der Waals surface area (Å²) in [5, 5.41) is 5.69. The van der Waals surface area contributed by atoms with Gasteiger partial charge in [0.2, 0.25) is 5.91 Å². The number of aryl methyl sites for hydroxylation is 1. The summed E-state index contributed by atoms with van der Waals surface area (Å²) in [6.45, 7) is -0.633. The molecule has 8 nitrogen and oxygen atoms in total. The third kappa shape index (κ3) is 5.55. The van der Waals surface area contributed by atoms with Gasteiger partial charge in [-0.3, -0.25) is 14.4 Å². The van der Waals surface area contributed by atoms with Crippen molar-refractivity contribution in [2.24, 2.45) is 7.05 Å². The molecule has 0 bridgehead atoms. The molecule has 0 atom stereocenters. The molecule has 2 amide bonds. The maximum absolute atomic E-state index is 13.1. The number of alkyl halides is 3. The molecule has 0 saturated carbocycles. The number of benzene rings is 1. The predicted molar refractivity (Wildman–Crippen MR) is 108 cm³/mol. The first kappa shape index (κ1) is 23.1. The van der Waals surface area contributed by atoms with Gasteiger partial charge in [-0.15, -0.1) is 0 Å². The van der Waals surface area contributed by atoms with Gasteiger partial charge >= 0.3 is 6.18 Å². The Labute approximate surface area is 184 Å². The highest BCUT2D eigenvalue weighted by molar-refractivity contribution is 6.31. The van der Waals surface area contributed by atoms with E-state index in [4.69, 9.17) is 16.0 Å². The van der Waals surface area contributed by atoms with Gasteiger partial charge in [-0.1, -0.05) is 11.6 Å². The van der Waals surface area contributed by atoms with E-state index < -0.39 is 40.7 Å². The van der Waals surface area contributed by atoms with E-state index in [0.717, 1.165) is 21.7 Å². The summed E-state index contributed by atoms with van der Waals surface area (Å²) >= 11 is 5.59. The van der Waals surface area contributed by atoms with Gasteiger partial charge in [0, 0.05) is 18.8 Å². The number of nitrogens with zero attached hydrogens (tertiary/aromatic N) is 3. The third-order valence-corrected chi connectivity index (χ3v) is 4.61. The quantitative estimate of drug-likeness (QED) is 0.598. The number of hydrogen-bond acceptors (Lipinski definition) is 5. The molecule has 0 spiro atoms. The molecule has 0 aliphatic heterocycles. The van der Waals surface area contributed by atoms with Crippen LogP contribution in [0.4, 0.5) is 18.9 Å². The minimum Gasteiger partial charge on any atom is -0.467 e. The van der Waals surface area contributed by atoms with Crippen molar-refractivity contribution >= 4 is 29.1 Å². The zero-order chi connectivity index (χ0) is 23.5. The highest BCUT2D eigenvalue weighted by Crippen LogP contribution is 2.36. The van der Waals surface area contributed by atoms with Crippen molar-refractivity contribution in [3.8, 4) is 0 Å². The van der Waals surface area contributed by atoms with Crippen molar-refractivity contribution in [2.45, 2.75) is 12.7 Å². The molecule has 0 aliphatic carbocycles. The Morgan fingerprint density at radius 2 is 1.97 bits per heavy atom. The van der Waals surface area contributed by atoms with E-state index in [0.29, 0.717) is 11.8 Å². The molecule has 3 rings (SSSR count). The SMILES string of the molecule is Cn1nc(C(=O)N(CC(=O)Nc2ccc(Cl)c(C(F)(F)F)c2)Cc2ccco2)ccc1=O. The molecule has 12 heteroatoms. The van der Waals surface area contributed by atoms with Crippen molar-refractivity contribution in [1.29, 1.82) is 0 Å². The van der Waals surface area contributed by atoms with Crippen LogP contribution in [0.15, 0.2) is 57.9 Å². The second-order valence-corrected chi connectivity index (χ2v) is 7.07. The Morgan fingerprint density at radius 1 is 1.22 bits per heavy atom. The topological polar surface area (TPSA) is 97.4 Å². The highest BCUT2D eigenvalue weighted by Gasteiger charge is 2.33. The zero-order valence-corrected chi connectivity index (χ0v) is 17.3. The first-order valence-corrected chi connectivity index (χ1v) is 9.45. The van der Waals surface area contributed by atoms with Crippen molar-refractivity contribution in [1.82, 2.24) is 14.7 Å². The molecule has 0 aliphatic rings. The molecule has 0 saturated heterocycles.